The van der Waals surface area contributed by atoms with Gasteiger partial charge in [-0.05, 0) is 18.3 Å². The predicted molar refractivity (Wildman–Crippen MR) is 66.1 cm³/mol. The average molecular weight is 221 g/mol. The zero-order valence-electron chi connectivity index (χ0n) is 10.4. The first-order valence-corrected chi connectivity index (χ1v) is 6.34. The molecular formula is C13H23N3. The van der Waals surface area contributed by atoms with Gasteiger partial charge in [0.1, 0.15) is 5.82 Å². The lowest BCUT2D eigenvalue weighted by molar-refractivity contribution is 0.167. The summed E-state index contributed by atoms with van der Waals surface area (Å²) in [5.41, 5.74) is 6.71. The van der Waals surface area contributed by atoms with Gasteiger partial charge in [0.2, 0.25) is 0 Å². The van der Waals surface area contributed by atoms with Crippen molar-refractivity contribution in [2.45, 2.75) is 51.5 Å². The minimum absolute atomic E-state index is 0.244. The molecule has 90 valence electrons. The van der Waals surface area contributed by atoms with Crippen molar-refractivity contribution in [1.29, 1.82) is 0 Å². The second-order valence-electron chi connectivity index (χ2n) is 5.48. The fourth-order valence-corrected chi connectivity index (χ4v) is 2.77. The van der Waals surface area contributed by atoms with E-state index >= 15 is 0 Å². The molecule has 0 spiro atoms. The maximum Gasteiger partial charge on any atom is 0.109 e. The van der Waals surface area contributed by atoms with Crippen LogP contribution in [0.15, 0.2) is 12.4 Å². The van der Waals surface area contributed by atoms with Gasteiger partial charge in [0.15, 0.2) is 0 Å². The lowest BCUT2D eigenvalue weighted by Gasteiger charge is -2.38. The zero-order valence-corrected chi connectivity index (χ0v) is 10.4. The molecule has 0 amide bonds. The van der Waals surface area contributed by atoms with Gasteiger partial charge in [0.05, 0.1) is 0 Å². The van der Waals surface area contributed by atoms with Crippen LogP contribution >= 0.6 is 0 Å². The fourth-order valence-electron chi connectivity index (χ4n) is 2.77. The molecule has 1 aliphatic rings. The molecule has 1 atom stereocenters. The van der Waals surface area contributed by atoms with E-state index in [2.05, 4.69) is 16.5 Å². The highest BCUT2D eigenvalue weighted by Gasteiger charge is 2.33. The fraction of sp³-hybridized carbons (Fsp3) is 0.769. The summed E-state index contributed by atoms with van der Waals surface area (Å²) in [6.45, 7) is 2.35. The number of nitrogens with two attached hydrogens (primary N) is 1. The van der Waals surface area contributed by atoms with Gasteiger partial charge in [-0.3, -0.25) is 0 Å². The second kappa shape index (κ2) is 4.58. The summed E-state index contributed by atoms with van der Waals surface area (Å²) in [6.07, 6.45) is 11.4. The van der Waals surface area contributed by atoms with Crippen molar-refractivity contribution < 1.29 is 0 Å². The number of nitrogens with zero attached hydrogens (tertiary/aromatic N) is 2. The highest BCUT2D eigenvalue weighted by molar-refractivity contribution is 4.99. The third kappa shape index (κ3) is 2.29. The van der Waals surface area contributed by atoms with E-state index in [1.807, 2.05) is 19.4 Å². The van der Waals surface area contributed by atoms with Crippen LogP contribution in [-0.4, -0.2) is 15.6 Å². The maximum atomic E-state index is 6.39. The molecule has 2 rings (SSSR count). The van der Waals surface area contributed by atoms with Crippen molar-refractivity contribution in [1.82, 2.24) is 9.55 Å². The van der Waals surface area contributed by atoms with E-state index in [-0.39, 0.29) is 6.04 Å². The minimum Gasteiger partial charge on any atom is -0.338 e. The number of hydrogen-bond donors (Lipinski definition) is 1. The lowest BCUT2D eigenvalue weighted by atomic mass is 9.70. The van der Waals surface area contributed by atoms with E-state index < -0.39 is 0 Å². The second-order valence-corrected chi connectivity index (χ2v) is 5.48. The Labute approximate surface area is 98.1 Å². The molecule has 1 aromatic heterocycles. The first kappa shape index (κ1) is 11.6. The molecule has 1 aromatic rings. The normalized spacial score (nSPS) is 21.9. The van der Waals surface area contributed by atoms with Crippen LogP contribution in [0, 0.1) is 5.41 Å². The van der Waals surface area contributed by atoms with Crippen molar-refractivity contribution in [2.75, 3.05) is 0 Å². The van der Waals surface area contributed by atoms with E-state index in [9.17, 15) is 0 Å². The highest BCUT2D eigenvalue weighted by atomic mass is 15.0. The van der Waals surface area contributed by atoms with Gasteiger partial charge in [-0.15, -0.1) is 0 Å². The number of hydrogen-bond acceptors (Lipinski definition) is 2. The van der Waals surface area contributed by atoms with Crippen molar-refractivity contribution in [3.63, 3.8) is 0 Å². The van der Waals surface area contributed by atoms with Crippen molar-refractivity contribution in [3.05, 3.63) is 18.2 Å². The molecule has 1 fully saturated rings. The van der Waals surface area contributed by atoms with Crippen LogP contribution in [0.1, 0.15) is 44.9 Å². The molecule has 16 heavy (non-hydrogen) atoms. The molecule has 0 aliphatic heterocycles. The predicted octanol–water partition coefficient (Wildman–Crippen LogP) is 2.26. The molecule has 0 radical (unpaired) electrons. The summed E-state index contributed by atoms with van der Waals surface area (Å²) in [4.78, 5) is 4.36. The van der Waals surface area contributed by atoms with Crippen LogP contribution in [0.4, 0.5) is 0 Å². The Balaban J connectivity index is 2.01. The van der Waals surface area contributed by atoms with Crippen molar-refractivity contribution in [2.24, 2.45) is 18.2 Å². The minimum atomic E-state index is 0.244. The molecule has 1 saturated carbocycles. The standard InChI is InChI=1S/C13H23N3/c1-13(6-4-3-5-7-13)11(14)10-12-15-8-9-16(12)2/h8-9,11H,3-7,10,14H2,1-2H3. The van der Waals surface area contributed by atoms with Crippen molar-refractivity contribution in [3.8, 4) is 0 Å². The van der Waals surface area contributed by atoms with E-state index in [0.717, 1.165) is 12.2 Å². The van der Waals surface area contributed by atoms with Gasteiger partial charge < -0.3 is 10.3 Å². The van der Waals surface area contributed by atoms with Crippen LogP contribution in [-0.2, 0) is 13.5 Å². The largest absolute Gasteiger partial charge is 0.338 e. The smallest absolute Gasteiger partial charge is 0.109 e. The Hall–Kier alpha value is -0.830. The Bertz CT molecular complexity index is 337. The van der Waals surface area contributed by atoms with Gasteiger partial charge in [-0.25, -0.2) is 4.98 Å². The molecule has 3 nitrogen and oxygen atoms in total. The van der Waals surface area contributed by atoms with E-state index in [1.165, 1.54) is 32.1 Å². The molecule has 1 heterocycles. The Morgan fingerprint density at radius 2 is 2.12 bits per heavy atom. The molecule has 0 aromatic carbocycles. The monoisotopic (exact) mass is 221 g/mol. The topological polar surface area (TPSA) is 43.8 Å². The van der Waals surface area contributed by atoms with Gasteiger partial charge >= 0.3 is 0 Å². The SMILES string of the molecule is Cn1ccnc1CC(N)C1(C)CCCCC1. The van der Waals surface area contributed by atoms with E-state index in [1.54, 1.807) is 0 Å². The third-order valence-corrected chi connectivity index (χ3v) is 4.21. The molecular weight excluding hydrogens is 198 g/mol. The summed E-state index contributed by atoms with van der Waals surface area (Å²) in [6, 6.07) is 0.244. The first-order valence-electron chi connectivity index (χ1n) is 6.34. The quantitative estimate of drug-likeness (QED) is 0.851. The summed E-state index contributed by atoms with van der Waals surface area (Å²) in [5, 5.41) is 0. The van der Waals surface area contributed by atoms with Crippen LogP contribution < -0.4 is 5.73 Å². The Morgan fingerprint density at radius 1 is 1.44 bits per heavy atom. The Kier molecular flexibility index (Phi) is 3.33. The van der Waals surface area contributed by atoms with Crippen molar-refractivity contribution >= 4 is 0 Å². The number of aryl methyl sites for hydroxylation is 1. The third-order valence-electron chi connectivity index (χ3n) is 4.21. The van der Waals surface area contributed by atoms with Crippen LogP contribution in [0.3, 0.4) is 0 Å². The molecule has 3 heteroatoms. The summed E-state index contributed by atoms with van der Waals surface area (Å²) in [7, 11) is 2.04. The summed E-state index contributed by atoms with van der Waals surface area (Å²) < 4.78 is 2.08. The number of imidazole rings is 1. The molecule has 1 unspecified atom stereocenters. The number of rotatable bonds is 3. The molecule has 0 saturated heterocycles. The van der Waals surface area contributed by atoms with E-state index in [0.29, 0.717) is 5.41 Å². The van der Waals surface area contributed by atoms with Crippen LogP contribution in [0.5, 0.6) is 0 Å². The Morgan fingerprint density at radius 3 is 2.69 bits per heavy atom. The van der Waals surface area contributed by atoms with Gasteiger partial charge in [-0.2, -0.15) is 0 Å². The summed E-state index contributed by atoms with van der Waals surface area (Å²) >= 11 is 0. The molecule has 0 bridgehead atoms. The van der Waals surface area contributed by atoms with Crippen LogP contribution in [0.2, 0.25) is 0 Å². The zero-order chi connectivity index (χ0) is 11.6. The van der Waals surface area contributed by atoms with Gasteiger partial charge in [0.25, 0.3) is 0 Å². The van der Waals surface area contributed by atoms with Gasteiger partial charge in [0, 0.05) is 31.9 Å². The molecule has 1 aliphatic carbocycles. The molecule has 2 N–H and O–H groups in total. The maximum absolute atomic E-state index is 6.39. The lowest BCUT2D eigenvalue weighted by Crippen LogP contribution is -2.43. The van der Waals surface area contributed by atoms with Crippen LogP contribution in [0.25, 0.3) is 0 Å². The van der Waals surface area contributed by atoms with E-state index in [4.69, 9.17) is 5.73 Å². The average Bonchev–Trinajstić information content (AvgIpc) is 2.65. The first-order chi connectivity index (χ1) is 7.62. The highest BCUT2D eigenvalue weighted by Crippen LogP contribution is 2.38. The number of aromatic nitrogens is 2. The summed E-state index contributed by atoms with van der Waals surface area (Å²) in [5.74, 6) is 1.11. The van der Waals surface area contributed by atoms with Gasteiger partial charge in [-0.1, -0.05) is 26.2 Å².